The summed E-state index contributed by atoms with van der Waals surface area (Å²) in [6, 6.07) is 4.96. The molecule has 1 fully saturated rings. The molecule has 0 spiro atoms. The van der Waals surface area contributed by atoms with Crippen LogP contribution in [0.2, 0.25) is 10.0 Å². The van der Waals surface area contributed by atoms with Crippen molar-refractivity contribution in [1.82, 2.24) is 20.0 Å². The molecule has 24 heavy (non-hydrogen) atoms. The molecule has 2 aromatic rings. The molecule has 0 aliphatic carbocycles. The minimum atomic E-state index is -0.0520. The first-order chi connectivity index (χ1) is 11.5. The SMILES string of the molecule is Cc1nnc(CCN2CCN(C(=O)c3ccc(Cl)cc3Cl)CC2)o1. The number of rotatable bonds is 4. The Kier molecular flexibility index (Phi) is 5.38. The monoisotopic (exact) mass is 368 g/mol. The highest BCUT2D eigenvalue weighted by Gasteiger charge is 2.23. The summed E-state index contributed by atoms with van der Waals surface area (Å²) in [5, 5.41) is 8.74. The second-order valence-electron chi connectivity index (χ2n) is 5.72. The van der Waals surface area contributed by atoms with Gasteiger partial charge in [-0.3, -0.25) is 9.69 Å². The lowest BCUT2D eigenvalue weighted by Crippen LogP contribution is -2.49. The van der Waals surface area contributed by atoms with E-state index in [0.717, 1.165) is 26.1 Å². The summed E-state index contributed by atoms with van der Waals surface area (Å²) in [5.41, 5.74) is 0.496. The quantitative estimate of drug-likeness (QED) is 0.829. The highest BCUT2D eigenvalue weighted by Crippen LogP contribution is 2.22. The average Bonchev–Trinajstić information content (AvgIpc) is 2.98. The maximum absolute atomic E-state index is 12.6. The molecule has 0 N–H and O–H groups in total. The highest BCUT2D eigenvalue weighted by atomic mass is 35.5. The summed E-state index contributed by atoms with van der Waals surface area (Å²) in [5.74, 6) is 1.18. The topological polar surface area (TPSA) is 62.5 Å². The number of nitrogens with zero attached hydrogens (tertiary/aromatic N) is 4. The number of piperazine rings is 1. The van der Waals surface area contributed by atoms with Crippen LogP contribution in [0.25, 0.3) is 0 Å². The van der Waals surface area contributed by atoms with E-state index in [0.29, 0.717) is 40.5 Å². The first kappa shape index (κ1) is 17.2. The van der Waals surface area contributed by atoms with Gasteiger partial charge >= 0.3 is 0 Å². The summed E-state index contributed by atoms with van der Waals surface area (Å²) in [6.45, 7) is 5.57. The van der Waals surface area contributed by atoms with E-state index < -0.39 is 0 Å². The molecule has 0 radical (unpaired) electrons. The van der Waals surface area contributed by atoms with E-state index in [-0.39, 0.29) is 5.91 Å². The van der Waals surface area contributed by atoms with Crippen molar-refractivity contribution in [3.63, 3.8) is 0 Å². The van der Waals surface area contributed by atoms with Gasteiger partial charge in [0.25, 0.3) is 5.91 Å². The predicted octanol–water partition coefficient (Wildman–Crippen LogP) is 2.69. The molecule has 2 heterocycles. The number of carbonyl (C=O) groups excluding carboxylic acids is 1. The Hall–Kier alpha value is -1.63. The summed E-state index contributed by atoms with van der Waals surface area (Å²) >= 11 is 12.0. The third kappa shape index (κ3) is 4.06. The molecule has 0 atom stereocenters. The van der Waals surface area contributed by atoms with E-state index in [9.17, 15) is 4.79 Å². The van der Waals surface area contributed by atoms with Crippen molar-refractivity contribution in [2.45, 2.75) is 13.3 Å². The molecule has 1 saturated heterocycles. The molecule has 1 aliphatic rings. The molecule has 0 unspecified atom stereocenters. The number of aryl methyl sites for hydroxylation is 1. The van der Waals surface area contributed by atoms with Crippen LogP contribution < -0.4 is 0 Å². The summed E-state index contributed by atoms with van der Waals surface area (Å²) < 4.78 is 5.38. The zero-order valence-electron chi connectivity index (χ0n) is 13.3. The van der Waals surface area contributed by atoms with E-state index in [2.05, 4.69) is 15.1 Å². The summed E-state index contributed by atoms with van der Waals surface area (Å²) in [6.07, 6.45) is 0.720. The van der Waals surface area contributed by atoms with Crippen molar-refractivity contribution >= 4 is 29.1 Å². The van der Waals surface area contributed by atoms with Gasteiger partial charge in [0.15, 0.2) is 0 Å². The fourth-order valence-corrected chi connectivity index (χ4v) is 3.19. The molecule has 0 saturated carbocycles. The third-order valence-corrected chi connectivity index (χ3v) is 4.58. The molecule has 1 aromatic heterocycles. The van der Waals surface area contributed by atoms with Gasteiger partial charge in [0, 0.05) is 51.1 Å². The van der Waals surface area contributed by atoms with Crippen molar-refractivity contribution in [1.29, 1.82) is 0 Å². The van der Waals surface area contributed by atoms with Crippen LogP contribution in [0.15, 0.2) is 22.6 Å². The van der Waals surface area contributed by atoms with Crippen LogP contribution in [0.3, 0.4) is 0 Å². The average molecular weight is 369 g/mol. The molecule has 3 rings (SSSR count). The minimum Gasteiger partial charge on any atom is -0.426 e. The molecule has 1 aromatic carbocycles. The van der Waals surface area contributed by atoms with Gasteiger partial charge in [0.2, 0.25) is 11.8 Å². The summed E-state index contributed by atoms with van der Waals surface area (Å²) in [7, 11) is 0. The van der Waals surface area contributed by atoms with E-state index in [1.807, 2.05) is 4.90 Å². The van der Waals surface area contributed by atoms with Crippen molar-refractivity contribution in [3.8, 4) is 0 Å². The van der Waals surface area contributed by atoms with Crippen LogP contribution in [0.4, 0.5) is 0 Å². The van der Waals surface area contributed by atoms with E-state index >= 15 is 0 Å². The fourth-order valence-electron chi connectivity index (χ4n) is 2.70. The Morgan fingerprint density at radius 3 is 2.58 bits per heavy atom. The van der Waals surface area contributed by atoms with Crippen molar-refractivity contribution in [2.75, 3.05) is 32.7 Å². The molecule has 0 bridgehead atoms. The number of benzene rings is 1. The van der Waals surface area contributed by atoms with Crippen LogP contribution >= 0.6 is 23.2 Å². The highest BCUT2D eigenvalue weighted by molar-refractivity contribution is 6.36. The van der Waals surface area contributed by atoms with E-state index in [1.54, 1.807) is 25.1 Å². The number of aromatic nitrogens is 2. The lowest BCUT2D eigenvalue weighted by Gasteiger charge is -2.34. The first-order valence-electron chi connectivity index (χ1n) is 7.78. The summed E-state index contributed by atoms with van der Waals surface area (Å²) in [4.78, 5) is 16.7. The fraction of sp³-hybridized carbons (Fsp3) is 0.438. The van der Waals surface area contributed by atoms with Gasteiger partial charge in [0.05, 0.1) is 10.6 Å². The lowest BCUT2D eigenvalue weighted by atomic mass is 10.1. The number of amides is 1. The van der Waals surface area contributed by atoms with Gasteiger partial charge in [-0.2, -0.15) is 0 Å². The Morgan fingerprint density at radius 1 is 1.21 bits per heavy atom. The molecule has 6 nitrogen and oxygen atoms in total. The number of halogens is 2. The molecule has 8 heteroatoms. The van der Waals surface area contributed by atoms with Gasteiger partial charge in [-0.05, 0) is 18.2 Å². The van der Waals surface area contributed by atoms with Gasteiger partial charge in [-0.25, -0.2) is 0 Å². The van der Waals surface area contributed by atoms with Crippen LogP contribution in [-0.2, 0) is 6.42 Å². The number of hydrogen-bond donors (Lipinski definition) is 0. The third-order valence-electron chi connectivity index (χ3n) is 4.03. The standard InChI is InChI=1S/C16H18Cl2N4O2/c1-11-19-20-15(24-11)4-5-21-6-8-22(9-7-21)16(23)13-3-2-12(17)10-14(13)18/h2-3,10H,4-9H2,1H3. The predicted molar refractivity (Wildman–Crippen MR) is 91.5 cm³/mol. The van der Waals surface area contributed by atoms with Crippen LogP contribution in [-0.4, -0.2) is 58.6 Å². The molecule has 1 aliphatic heterocycles. The Balaban J connectivity index is 1.52. The van der Waals surface area contributed by atoms with Crippen molar-refractivity contribution in [3.05, 3.63) is 45.6 Å². The van der Waals surface area contributed by atoms with Crippen LogP contribution in [0.1, 0.15) is 22.1 Å². The second-order valence-corrected chi connectivity index (χ2v) is 6.57. The van der Waals surface area contributed by atoms with Crippen LogP contribution in [0, 0.1) is 6.92 Å². The smallest absolute Gasteiger partial charge is 0.255 e. The zero-order valence-corrected chi connectivity index (χ0v) is 14.8. The van der Waals surface area contributed by atoms with Crippen molar-refractivity contribution < 1.29 is 9.21 Å². The van der Waals surface area contributed by atoms with Gasteiger partial charge in [-0.15, -0.1) is 10.2 Å². The maximum atomic E-state index is 12.6. The lowest BCUT2D eigenvalue weighted by molar-refractivity contribution is 0.0636. The van der Waals surface area contributed by atoms with Crippen molar-refractivity contribution in [2.24, 2.45) is 0 Å². The first-order valence-corrected chi connectivity index (χ1v) is 8.54. The number of carbonyl (C=O) groups is 1. The largest absolute Gasteiger partial charge is 0.426 e. The molecular formula is C16H18Cl2N4O2. The van der Waals surface area contributed by atoms with E-state index in [1.165, 1.54) is 0 Å². The number of hydrogen-bond acceptors (Lipinski definition) is 5. The normalized spacial score (nSPS) is 15.7. The maximum Gasteiger partial charge on any atom is 0.255 e. The van der Waals surface area contributed by atoms with Gasteiger partial charge in [0.1, 0.15) is 0 Å². The zero-order chi connectivity index (χ0) is 17.1. The van der Waals surface area contributed by atoms with E-state index in [4.69, 9.17) is 27.6 Å². The van der Waals surface area contributed by atoms with Gasteiger partial charge < -0.3 is 9.32 Å². The Labute approximate surface area is 150 Å². The Bertz CT molecular complexity index is 727. The molecule has 1 amide bonds. The van der Waals surface area contributed by atoms with Gasteiger partial charge in [-0.1, -0.05) is 23.2 Å². The van der Waals surface area contributed by atoms with Crippen LogP contribution in [0.5, 0.6) is 0 Å². The second kappa shape index (κ2) is 7.51. The molecule has 128 valence electrons. The Morgan fingerprint density at radius 2 is 1.96 bits per heavy atom. The molecular weight excluding hydrogens is 351 g/mol. The minimum absolute atomic E-state index is 0.0520.